The number of carbonyl (C=O) groups is 2. The molecule has 2 rings (SSSR count). The van der Waals surface area contributed by atoms with Crippen LogP contribution in [0, 0.1) is 0 Å². The van der Waals surface area contributed by atoms with Gasteiger partial charge in [-0.2, -0.15) is 0 Å². The molecular formula is C17H24N2O3S. The molecular weight excluding hydrogens is 312 g/mol. The number of urea groups is 1. The van der Waals surface area contributed by atoms with Crippen LogP contribution in [0.3, 0.4) is 0 Å². The van der Waals surface area contributed by atoms with Crippen LogP contribution in [-0.2, 0) is 4.79 Å². The minimum absolute atomic E-state index is 0.195. The highest BCUT2D eigenvalue weighted by atomic mass is 32.2. The molecule has 23 heavy (non-hydrogen) atoms. The Bertz CT molecular complexity index is 527. The Morgan fingerprint density at radius 3 is 2.43 bits per heavy atom. The maximum absolute atomic E-state index is 12.1. The van der Waals surface area contributed by atoms with E-state index in [0.717, 1.165) is 36.3 Å². The van der Waals surface area contributed by atoms with Gasteiger partial charge in [0.15, 0.2) is 0 Å². The van der Waals surface area contributed by atoms with Crippen LogP contribution in [-0.4, -0.2) is 30.3 Å². The lowest BCUT2D eigenvalue weighted by Gasteiger charge is -2.23. The number of hydrogen-bond donors (Lipinski definition) is 2. The lowest BCUT2D eigenvalue weighted by molar-refractivity contribution is -0.119. The molecule has 2 N–H and O–H groups in total. The van der Waals surface area contributed by atoms with Crippen LogP contribution < -0.4 is 15.4 Å². The molecule has 0 radical (unpaired) electrons. The van der Waals surface area contributed by atoms with E-state index in [9.17, 15) is 9.59 Å². The molecule has 0 bridgehead atoms. The van der Waals surface area contributed by atoms with Crippen LogP contribution in [0.5, 0.6) is 5.75 Å². The Morgan fingerprint density at radius 2 is 1.83 bits per heavy atom. The van der Waals surface area contributed by atoms with Gasteiger partial charge in [0, 0.05) is 10.9 Å². The maximum atomic E-state index is 12.1. The standard InChI is InChI=1S/C17H24N2O3S/c1-12(23-15-10-8-14(22-2)9-11-15)16(20)19-17(21)18-13-6-4-3-5-7-13/h8-13H,3-7H2,1-2H3,(H2,18,19,20,21)/t12-/m1/s1. The van der Waals surface area contributed by atoms with Crippen molar-refractivity contribution >= 4 is 23.7 Å². The van der Waals surface area contributed by atoms with Crippen molar-refractivity contribution in [3.8, 4) is 5.75 Å². The number of nitrogens with one attached hydrogen (secondary N) is 2. The second-order valence-electron chi connectivity index (χ2n) is 5.73. The molecule has 6 heteroatoms. The van der Waals surface area contributed by atoms with E-state index in [1.165, 1.54) is 18.2 Å². The summed E-state index contributed by atoms with van der Waals surface area (Å²) in [6.07, 6.45) is 5.51. The lowest BCUT2D eigenvalue weighted by Crippen LogP contribution is -2.47. The predicted octanol–water partition coefficient (Wildman–Crippen LogP) is 3.33. The van der Waals surface area contributed by atoms with Gasteiger partial charge < -0.3 is 10.1 Å². The van der Waals surface area contributed by atoms with Crippen LogP contribution in [0.1, 0.15) is 39.0 Å². The zero-order valence-electron chi connectivity index (χ0n) is 13.6. The van der Waals surface area contributed by atoms with E-state index >= 15 is 0 Å². The van der Waals surface area contributed by atoms with E-state index in [4.69, 9.17) is 4.74 Å². The second-order valence-corrected chi connectivity index (χ2v) is 7.15. The molecule has 3 amide bonds. The highest BCUT2D eigenvalue weighted by molar-refractivity contribution is 8.00. The van der Waals surface area contributed by atoms with E-state index in [1.54, 1.807) is 14.0 Å². The van der Waals surface area contributed by atoms with Crippen molar-refractivity contribution in [2.75, 3.05) is 7.11 Å². The second kappa shape index (κ2) is 8.82. The molecule has 5 nitrogen and oxygen atoms in total. The Kier molecular flexibility index (Phi) is 6.77. The summed E-state index contributed by atoms with van der Waals surface area (Å²) in [5, 5.41) is 4.98. The molecule has 1 atom stereocenters. The molecule has 0 aromatic heterocycles. The Labute approximate surface area is 141 Å². The van der Waals surface area contributed by atoms with Crippen molar-refractivity contribution in [2.45, 2.75) is 55.2 Å². The topological polar surface area (TPSA) is 67.4 Å². The first kappa shape index (κ1) is 17.7. The number of imide groups is 1. The van der Waals surface area contributed by atoms with Gasteiger partial charge >= 0.3 is 6.03 Å². The minimum Gasteiger partial charge on any atom is -0.497 e. The van der Waals surface area contributed by atoms with Crippen molar-refractivity contribution in [2.24, 2.45) is 0 Å². The van der Waals surface area contributed by atoms with Crippen LogP contribution in [0.15, 0.2) is 29.2 Å². The van der Waals surface area contributed by atoms with Gasteiger partial charge in [0.1, 0.15) is 5.75 Å². The Balaban J connectivity index is 1.77. The molecule has 0 unspecified atom stereocenters. The van der Waals surface area contributed by atoms with Crippen LogP contribution in [0.25, 0.3) is 0 Å². The van der Waals surface area contributed by atoms with Crippen molar-refractivity contribution in [3.05, 3.63) is 24.3 Å². The highest BCUT2D eigenvalue weighted by Gasteiger charge is 2.20. The SMILES string of the molecule is COc1ccc(S[C@H](C)C(=O)NC(=O)NC2CCCCC2)cc1. The van der Waals surface area contributed by atoms with Gasteiger partial charge in [-0.1, -0.05) is 19.3 Å². The molecule has 0 spiro atoms. The first-order valence-corrected chi connectivity index (χ1v) is 8.88. The number of thioether (sulfide) groups is 1. The number of ether oxygens (including phenoxy) is 1. The number of benzene rings is 1. The van der Waals surface area contributed by atoms with E-state index in [0.29, 0.717) is 0 Å². The number of carbonyl (C=O) groups excluding carboxylic acids is 2. The smallest absolute Gasteiger partial charge is 0.321 e. The Hall–Kier alpha value is -1.69. The Morgan fingerprint density at radius 1 is 1.17 bits per heavy atom. The van der Waals surface area contributed by atoms with E-state index < -0.39 is 0 Å². The van der Waals surface area contributed by atoms with Crippen LogP contribution in [0.4, 0.5) is 4.79 Å². The van der Waals surface area contributed by atoms with Gasteiger partial charge in [-0.3, -0.25) is 10.1 Å². The fourth-order valence-electron chi connectivity index (χ4n) is 2.59. The van der Waals surface area contributed by atoms with E-state index in [-0.39, 0.29) is 23.2 Å². The molecule has 1 saturated carbocycles. The van der Waals surface area contributed by atoms with Crippen LogP contribution in [0.2, 0.25) is 0 Å². The summed E-state index contributed by atoms with van der Waals surface area (Å²) < 4.78 is 5.10. The number of rotatable bonds is 5. The average Bonchev–Trinajstić information content (AvgIpc) is 2.56. The van der Waals surface area contributed by atoms with Gasteiger partial charge in [-0.25, -0.2) is 4.79 Å². The maximum Gasteiger partial charge on any atom is 0.321 e. The van der Waals surface area contributed by atoms with Gasteiger partial charge in [-0.15, -0.1) is 11.8 Å². The molecule has 1 fully saturated rings. The number of amides is 3. The quantitative estimate of drug-likeness (QED) is 0.809. The van der Waals surface area contributed by atoms with Crippen molar-refractivity contribution in [3.63, 3.8) is 0 Å². The first-order valence-electron chi connectivity index (χ1n) is 8.00. The monoisotopic (exact) mass is 336 g/mol. The van der Waals surface area contributed by atoms with E-state index in [1.807, 2.05) is 24.3 Å². The minimum atomic E-state index is -0.385. The molecule has 0 aliphatic heterocycles. The summed E-state index contributed by atoms with van der Waals surface area (Å²) in [7, 11) is 1.61. The summed E-state index contributed by atoms with van der Waals surface area (Å²) in [6, 6.07) is 7.31. The summed E-state index contributed by atoms with van der Waals surface area (Å²) in [6.45, 7) is 1.79. The number of hydrogen-bond acceptors (Lipinski definition) is 4. The first-order chi connectivity index (χ1) is 11.1. The largest absolute Gasteiger partial charge is 0.497 e. The summed E-state index contributed by atoms with van der Waals surface area (Å²) in [5.74, 6) is 0.498. The summed E-state index contributed by atoms with van der Waals surface area (Å²) in [5.41, 5.74) is 0. The van der Waals surface area contributed by atoms with Gasteiger partial charge in [0.05, 0.1) is 12.4 Å². The van der Waals surface area contributed by atoms with Gasteiger partial charge in [0.25, 0.3) is 0 Å². The molecule has 0 saturated heterocycles. The molecule has 126 valence electrons. The van der Waals surface area contributed by atoms with Crippen molar-refractivity contribution in [1.29, 1.82) is 0 Å². The van der Waals surface area contributed by atoms with Crippen LogP contribution >= 0.6 is 11.8 Å². The molecule has 0 heterocycles. The van der Waals surface area contributed by atoms with Gasteiger partial charge in [-0.05, 0) is 44.0 Å². The third kappa shape index (κ3) is 5.78. The third-order valence-electron chi connectivity index (χ3n) is 3.92. The molecule has 1 aromatic rings. The van der Waals surface area contributed by atoms with Crippen molar-refractivity contribution < 1.29 is 14.3 Å². The van der Waals surface area contributed by atoms with Crippen molar-refractivity contribution in [1.82, 2.24) is 10.6 Å². The predicted molar refractivity (Wildman–Crippen MR) is 91.9 cm³/mol. The lowest BCUT2D eigenvalue weighted by atomic mass is 9.96. The fourth-order valence-corrected chi connectivity index (χ4v) is 3.46. The van der Waals surface area contributed by atoms with Gasteiger partial charge in [0.2, 0.25) is 5.91 Å². The summed E-state index contributed by atoms with van der Waals surface area (Å²) >= 11 is 1.41. The molecule has 1 aromatic carbocycles. The number of methoxy groups -OCH3 is 1. The molecule has 1 aliphatic rings. The highest BCUT2D eigenvalue weighted by Crippen LogP contribution is 2.25. The zero-order valence-corrected chi connectivity index (χ0v) is 14.4. The molecule has 1 aliphatic carbocycles. The van der Waals surface area contributed by atoms with E-state index in [2.05, 4.69) is 10.6 Å². The zero-order chi connectivity index (χ0) is 16.7. The summed E-state index contributed by atoms with van der Waals surface area (Å²) in [4.78, 5) is 25.0. The fraction of sp³-hybridized carbons (Fsp3) is 0.529. The normalized spacial score (nSPS) is 16.4. The average molecular weight is 336 g/mol. The third-order valence-corrected chi connectivity index (χ3v) is 5.03.